The van der Waals surface area contributed by atoms with Crippen molar-refractivity contribution in [2.24, 2.45) is 0 Å². The first-order chi connectivity index (χ1) is 9.31. The molecule has 0 atom stereocenters. The highest BCUT2D eigenvalue weighted by molar-refractivity contribution is 9.10. The zero-order chi connectivity index (χ0) is 15.2. The van der Waals surface area contributed by atoms with Gasteiger partial charge in [0.25, 0.3) is 0 Å². The van der Waals surface area contributed by atoms with Gasteiger partial charge in [0.15, 0.2) is 0 Å². The Morgan fingerprint density at radius 2 is 2.10 bits per heavy atom. The SMILES string of the molecule is CCOC(=O)CCNc1ccc(OC(F)(F)F)c(Br)c1. The first kappa shape index (κ1) is 16.6. The van der Waals surface area contributed by atoms with E-state index in [1.165, 1.54) is 18.2 Å². The van der Waals surface area contributed by atoms with Crippen molar-refractivity contribution in [3.8, 4) is 5.75 Å². The van der Waals surface area contributed by atoms with E-state index in [9.17, 15) is 18.0 Å². The average Bonchev–Trinajstić information content (AvgIpc) is 2.31. The molecule has 0 spiro atoms. The van der Waals surface area contributed by atoms with Gasteiger partial charge in [-0.2, -0.15) is 0 Å². The summed E-state index contributed by atoms with van der Waals surface area (Å²) in [4.78, 5) is 11.1. The lowest BCUT2D eigenvalue weighted by Gasteiger charge is -2.12. The number of esters is 1. The molecule has 0 saturated carbocycles. The van der Waals surface area contributed by atoms with E-state index in [1.807, 2.05) is 0 Å². The zero-order valence-corrected chi connectivity index (χ0v) is 12.2. The van der Waals surface area contributed by atoms with E-state index in [-0.39, 0.29) is 22.6 Å². The number of rotatable bonds is 6. The lowest BCUT2D eigenvalue weighted by atomic mass is 10.3. The molecular formula is C12H13BrF3NO3. The number of ether oxygens (including phenoxy) is 2. The minimum absolute atomic E-state index is 0.163. The normalized spacial score (nSPS) is 11.1. The van der Waals surface area contributed by atoms with Crippen LogP contribution in [0, 0.1) is 0 Å². The summed E-state index contributed by atoms with van der Waals surface area (Å²) < 4.78 is 44.9. The van der Waals surface area contributed by atoms with Gasteiger partial charge < -0.3 is 14.8 Å². The first-order valence-corrected chi connectivity index (χ1v) is 6.56. The lowest BCUT2D eigenvalue weighted by molar-refractivity contribution is -0.274. The summed E-state index contributed by atoms with van der Waals surface area (Å²) >= 11 is 2.99. The first-order valence-electron chi connectivity index (χ1n) is 5.76. The topological polar surface area (TPSA) is 47.6 Å². The van der Waals surface area contributed by atoms with Gasteiger partial charge in [-0.25, -0.2) is 0 Å². The van der Waals surface area contributed by atoms with Crippen LogP contribution in [0.2, 0.25) is 0 Å². The number of carbonyl (C=O) groups excluding carboxylic acids is 1. The van der Waals surface area contributed by atoms with Crippen LogP contribution in [0.4, 0.5) is 18.9 Å². The number of alkyl halides is 3. The Hall–Kier alpha value is -1.44. The minimum atomic E-state index is -4.73. The second-order valence-corrected chi connectivity index (χ2v) is 4.53. The van der Waals surface area contributed by atoms with Crippen LogP contribution >= 0.6 is 15.9 Å². The van der Waals surface area contributed by atoms with Gasteiger partial charge in [-0.05, 0) is 41.1 Å². The van der Waals surface area contributed by atoms with E-state index in [4.69, 9.17) is 4.74 Å². The van der Waals surface area contributed by atoms with Crippen LogP contribution in [0.25, 0.3) is 0 Å². The van der Waals surface area contributed by atoms with Crippen molar-refractivity contribution in [3.63, 3.8) is 0 Å². The molecule has 0 aliphatic rings. The van der Waals surface area contributed by atoms with Crippen LogP contribution in [0.15, 0.2) is 22.7 Å². The Kier molecular flexibility index (Phi) is 6.12. The van der Waals surface area contributed by atoms with Gasteiger partial charge in [-0.3, -0.25) is 4.79 Å². The zero-order valence-electron chi connectivity index (χ0n) is 10.6. The van der Waals surface area contributed by atoms with Crippen molar-refractivity contribution in [3.05, 3.63) is 22.7 Å². The average molecular weight is 356 g/mol. The Labute approximate surface area is 122 Å². The van der Waals surface area contributed by atoms with Gasteiger partial charge in [0.05, 0.1) is 17.5 Å². The molecule has 0 unspecified atom stereocenters. The molecule has 0 bridgehead atoms. The van der Waals surface area contributed by atoms with Gasteiger partial charge in [0.1, 0.15) is 5.75 Å². The maximum Gasteiger partial charge on any atom is 0.573 e. The third kappa shape index (κ3) is 6.14. The fraction of sp³-hybridized carbons (Fsp3) is 0.417. The van der Waals surface area contributed by atoms with Gasteiger partial charge in [-0.1, -0.05) is 0 Å². The summed E-state index contributed by atoms with van der Waals surface area (Å²) in [7, 11) is 0. The van der Waals surface area contributed by atoms with Crippen LogP contribution in [-0.2, 0) is 9.53 Å². The quantitative estimate of drug-likeness (QED) is 0.790. The lowest BCUT2D eigenvalue weighted by Crippen LogP contribution is -2.17. The van der Waals surface area contributed by atoms with Crippen LogP contribution in [0.1, 0.15) is 13.3 Å². The Balaban J connectivity index is 2.53. The molecule has 112 valence electrons. The summed E-state index contributed by atoms with van der Waals surface area (Å²) in [6.07, 6.45) is -4.56. The monoisotopic (exact) mass is 355 g/mol. The fourth-order valence-electron chi connectivity index (χ4n) is 1.36. The van der Waals surface area contributed by atoms with Crippen molar-refractivity contribution < 1.29 is 27.4 Å². The number of benzene rings is 1. The van der Waals surface area contributed by atoms with Crippen molar-refractivity contribution in [1.29, 1.82) is 0 Å². The van der Waals surface area contributed by atoms with Gasteiger partial charge in [0.2, 0.25) is 0 Å². The van der Waals surface area contributed by atoms with Gasteiger partial charge >= 0.3 is 12.3 Å². The van der Waals surface area contributed by atoms with E-state index < -0.39 is 6.36 Å². The number of nitrogens with one attached hydrogen (secondary N) is 1. The molecule has 0 amide bonds. The molecule has 1 aromatic rings. The molecule has 1 N–H and O–H groups in total. The van der Waals surface area contributed by atoms with Crippen LogP contribution in [0.5, 0.6) is 5.75 Å². The second-order valence-electron chi connectivity index (χ2n) is 3.67. The Morgan fingerprint density at radius 3 is 2.65 bits per heavy atom. The molecule has 0 saturated heterocycles. The van der Waals surface area contributed by atoms with Crippen molar-refractivity contribution in [2.45, 2.75) is 19.7 Å². The molecule has 0 radical (unpaired) electrons. The summed E-state index contributed by atoms with van der Waals surface area (Å²) in [6.45, 7) is 2.35. The van der Waals surface area contributed by atoms with E-state index in [2.05, 4.69) is 26.0 Å². The molecule has 4 nitrogen and oxygen atoms in total. The largest absolute Gasteiger partial charge is 0.573 e. The Bertz CT molecular complexity index is 466. The van der Waals surface area contributed by atoms with Crippen molar-refractivity contribution in [2.75, 3.05) is 18.5 Å². The number of anilines is 1. The molecule has 0 aliphatic heterocycles. The maximum absolute atomic E-state index is 12.1. The summed E-state index contributed by atoms with van der Waals surface area (Å²) in [5.74, 6) is -0.662. The second kappa shape index (κ2) is 7.37. The number of hydrogen-bond acceptors (Lipinski definition) is 4. The molecule has 8 heteroatoms. The van der Waals surface area contributed by atoms with Gasteiger partial charge in [0, 0.05) is 12.2 Å². The molecule has 1 aromatic carbocycles. The molecule has 1 rings (SSSR count). The van der Waals surface area contributed by atoms with Crippen molar-refractivity contribution >= 4 is 27.6 Å². The predicted octanol–water partition coefficient (Wildman–Crippen LogP) is 3.71. The third-order valence-corrected chi connectivity index (χ3v) is 2.74. The minimum Gasteiger partial charge on any atom is -0.466 e. The fourth-order valence-corrected chi connectivity index (χ4v) is 1.82. The number of carbonyl (C=O) groups is 1. The summed E-state index contributed by atoms with van der Waals surface area (Å²) in [5.41, 5.74) is 0.565. The van der Waals surface area contributed by atoms with Crippen LogP contribution in [-0.4, -0.2) is 25.5 Å². The maximum atomic E-state index is 12.1. The standard InChI is InChI=1S/C12H13BrF3NO3/c1-2-19-11(18)5-6-17-8-3-4-10(9(13)7-8)20-12(14,15)16/h3-4,7,17H,2,5-6H2,1H3. The van der Waals surface area contributed by atoms with E-state index in [1.54, 1.807) is 6.92 Å². The van der Waals surface area contributed by atoms with E-state index >= 15 is 0 Å². The number of halogens is 4. The van der Waals surface area contributed by atoms with Gasteiger partial charge in [-0.15, -0.1) is 13.2 Å². The van der Waals surface area contributed by atoms with E-state index in [0.717, 1.165) is 0 Å². The highest BCUT2D eigenvalue weighted by atomic mass is 79.9. The number of hydrogen-bond donors (Lipinski definition) is 1. The smallest absolute Gasteiger partial charge is 0.466 e. The molecule has 20 heavy (non-hydrogen) atoms. The van der Waals surface area contributed by atoms with Crippen molar-refractivity contribution in [1.82, 2.24) is 0 Å². The molecular weight excluding hydrogens is 343 g/mol. The molecule has 0 heterocycles. The highest BCUT2D eigenvalue weighted by Gasteiger charge is 2.31. The Morgan fingerprint density at radius 1 is 1.40 bits per heavy atom. The molecule has 0 aromatic heterocycles. The predicted molar refractivity (Wildman–Crippen MR) is 70.6 cm³/mol. The summed E-state index contributed by atoms with van der Waals surface area (Å²) in [5, 5.41) is 2.90. The highest BCUT2D eigenvalue weighted by Crippen LogP contribution is 2.32. The molecule has 0 aliphatic carbocycles. The van der Waals surface area contributed by atoms with Crippen LogP contribution < -0.4 is 10.1 Å². The summed E-state index contributed by atoms with van der Waals surface area (Å²) in [6, 6.07) is 4.05. The van der Waals surface area contributed by atoms with E-state index in [0.29, 0.717) is 18.8 Å². The molecule has 0 fully saturated rings. The van der Waals surface area contributed by atoms with Crippen LogP contribution in [0.3, 0.4) is 0 Å². The third-order valence-electron chi connectivity index (χ3n) is 2.12.